The lowest BCUT2D eigenvalue weighted by Crippen LogP contribution is -2.38. The standard InChI is InChI=1S/C23H30N8O/c1-4-29(5-2)19-6-7-20(17(3)12-19)28-23(32)18-8-10-30(11-9-18)21-13-22(26-15-25-21)31-16-24-14-27-31/h6-7,12-16,18H,4-5,8-11H2,1-3H3,(H,28,32). The number of nitrogens with one attached hydrogen (secondary N) is 1. The molecule has 0 saturated carbocycles. The average Bonchev–Trinajstić information content (AvgIpc) is 3.37. The molecule has 1 saturated heterocycles. The maximum Gasteiger partial charge on any atom is 0.227 e. The maximum atomic E-state index is 12.9. The molecule has 9 nitrogen and oxygen atoms in total. The second kappa shape index (κ2) is 9.76. The Kier molecular flexibility index (Phi) is 6.63. The molecule has 0 bridgehead atoms. The van der Waals surface area contributed by atoms with Crippen LogP contribution in [0.2, 0.25) is 0 Å². The molecule has 168 valence electrons. The Morgan fingerprint density at radius 1 is 1.09 bits per heavy atom. The van der Waals surface area contributed by atoms with Crippen LogP contribution in [0, 0.1) is 12.8 Å². The lowest BCUT2D eigenvalue weighted by atomic mass is 9.95. The Hall–Kier alpha value is -3.49. The number of aromatic nitrogens is 5. The number of rotatable bonds is 7. The fourth-order valence-corrected chi connectivity index (χ4v) is 4.14. The Balaban J connectivity index is 1.36. The van der Waals surface area contributed by atoms with Crippen molar-refractivity contribution in [2.75, 3.05) is 41.3 Å². The van der Waals surface area contributed by atoms with E-state index >= 15 is 0 Å². The number of nitrogens with zero attached hydrogens (tertiary/aromatic N) is 7. The van der Waals surface area contributed by atoms with Crippen molar-refractivity contribution in [1.82, 2.24) is 24.7 Å². The summed E-state index contributed by atoms with van der Waals surface area (Å²) in [5.41, 5.74) is 3.16. The molecule has 9 heteroatoms. The zero-order chi connectivity index (χ0) is 22.5. The first-order valence-electron chi connectivity index (χ1n) is 11.2. The number of carbonyl (C=O) groups excluding carboxylic acids is 1. The number of aryl methyl sites for hydroxylation is 1. The second-order valence-electron chi connectivity index (χ2n) is 8.00. The molecule has 1 fully saturated rings. The van der Waals surface area contributed by atoms with E-state index in [1.165, 1.54) is 18.3 Å². The van der Waals surface area contributed by atoms with Crippen LogP contribution in [0.3, 0.4) is 0 Å². The highest BCUT2D eigenvalue weighted by Crippen LogP contribution is 2.26. The Labute approximate surface area is 188 Å². The summed E-state index contributed by atoms with van der Waals surface area (Å²) in [7, 11) is 0. The van der Waals surface area contributed by atoms with Crippen LogP contribution in [0.1, 0.15) is 32.3 Å². The molecule has 1 aliphatic rings. The predicted molar refractivity (Wildman–Crippen MR) is 125 cm³/mol. The van der Waals surface area contributed by atoms with Gasteiger partial charge in [0.1, 0.15) is 24.8 Å². The number of piperidine rings is 1. The van der Waals surface area contributed by atoms with E-state index in [1.54, 1.807) is 11.0 Å². The van der Waals surface area contributed by atoms with Gasteiger partial charge in [-0.15, -0.1) is 0 Å². The average molecular weight is 435 g/mol. The van der Waals surface area contributed by atoms with Crippen molar-refractivity contribution < 1.29 is 4.79 Å². The number of amides is 1. The van der Waals surface area contributed by atoms with Gasteiger partial charge < -0.3 is 15.1 Å². The van der Waals surface area contributed by atoms with Crippen LogP contribution >= 0.6 is 0 Å². The topological polar surface area (TPSA) is 92.1 Å². The molecule has 4 rings (SSSR count). The first kappa shape index (κ1) is 21.7. The van der Waals surface area contributed by atoms with Gasteiger partial charge in [0.2, 0.25) is 5.91 Å². The van der Waals surface area contributed by atoms with Gasteiger partial charge in [0.05, 0.1) is 0 Å². The molecule has 1 aliphatic heterocycles. The number of carbonyl (C=O) groups is 1. The molecule has 1 N–H and O–H groups in total. The van der Waals surface area contributed by atoms with Crippen molar-refractivity contribution in [3.05, 3.63) is 48.8 Å². The lowest BCUT2D eigenvalue weighted by molar-refractivity contribution is -0.120. The molecule has 0 radical (unpaired) electrons. The summed E-state index contributed by atoms with van der Waals surface area (Å²) in [6.45, 7) is 9.82. The summed E-state index contributed by atoms with van der Waals surface area (Å²) in [4.78, 5) is 30.0. The third-order valence-corrected chi connectivity index (χ3v) is 6.08. The highest BCUT2D eigenvalue weighted by atomic mass is 16.1. The highest BCUT2D eigenvalue weighted by Gasteiger charge is 2.26. The van der Waals surface area contributed by atoms with Gasteiger partial charge in [-0.25, -0.2) is 19.6 Å². The summed E-state index contributed by atoms with van der Waals surface area (Å²) < 4.78 is 1.61. The number of hydrogen-bond acceptors (Lipinski definition) is 7. The van der Waals surface area contributed by atoms with Crippen molar-refractivity contribution in [2.24, 2.45) is 5.92 Å². The normalized spacial score (nSPS) is 14.4. The van der Waals surface area contributed by atoms with Gasteiger partial charge in [-0.2, -0.15) is 5.10 Å². The van der Waals surface area contributed by atoms with E-state index in [2.05, 4.69) is 61.1 Å². The van der Waals surface area contributed by atoms with Crippen LogP contribution in [-0.4, -0.2) is 56.8 Å². The van der Waals surface area contributed by atoms with E-state index < -0.39 is 0 Å². The van der Waals surface area contributed by atoms with Crippen molar-refractivity contribution in [2.45, 2.75) is 33.6 Å². The van der Waals surface area contributed by atoms with Crippen LogP contribution in [0.4, 0.5) is 17.2 Å². The largest absolute Gasteiger partial charge is 0.372 e. The Morgan fingerprint density at radius 2 is 1.84 bits per heavy atom. The minimum atomic E-state index is -0.00951. The van der Waals surface area contributed by atoms with Gasteiger partial charge in [0.15, 0.2) is 5.82 Å². The monoisotopic (exact) mass is 434 g/mol. The first-order valence-corrected chi connectivity index (χ1v) is 11.2. The summed E-state index contributed by atoms with van der Waals surface area (Å²) in [5.74, 6) is 1.60. The van der Waals surface area contributed by atoms with Gasteiger partial charge in [-0.05, 0) is 57.4 Å². The van der Waals surface area contributed by atoms with E-state index in [1.807, 2.05) is 19.1 Å². The molecule has 3 heterocycles. The van der Waals surface area contributed by atoms with Gasteiger partial charge in [-0.3, -0.25) is 4.79 Å². The fourth-order valence-electron chi connectivity index (χ4n) is 4.14. The van der Waals surface area contributed by atoms with Crippen molar-refractivity contribution in [1.29, 1.82) is 0 Å². The summed E-state index contributed by atoms with van der Waals surface area (Å²) in [5, 5.41) is 7.26. The first-order chi connectivity index (χ1) is 15.6. The van der Waals surface area contributed by atoms with Gasteiger partial charge in [0.25, 0.3) is 0 Å². The molecule has 0 unspecified atom stereocenters. The molecule has 2 aromatic heterocycles. The van der Waals surface area contributed by atoms with Crippen molar-refractivity contribution >= 4 is 23.1 Å². The van der Waals surface area contributed by atoms with Crippen LogP contribution in [0.25, 0.3) is 5.82 Å². The zero-order valence-electron chi connectivity index (χ0n) is 18.9. The Morgan fingerprint density at radius 3 is 2.50 bits per heavy atom. The van der Waals surface area contributed by atoms with E-state index in [4.69, 9.17) is 0 Å². The SMILES string of the molecule is CCN(CC)c1ccc(NC(=O)C2CCN(c3cc(-n4cncn4)ncn3)CC2)c(C)c1. The van der Waals surface area contributed by atoms with E-state index in [0.29, 0.717) is 5.82 Å². The van der Waals surface area contributed by atoms with E-state index in [-0.39, 0.29) is 11.8 Å². The third kappa shape index (κ3) is 4.71. The van der Waals surface area contributed by atoms with Crippen LogP contribution < -0.4 is 15.1 Å². The van der Waals surface area contributed by atoms with Crippen LogP contribution in [0.15, 0.2) is 43.2 Å². The second-order valence-corrected chi connectivity index (χ2v) is 8.00. The minimum absolute atomic E-state index is 0.00951. The van der Waals surface area contributed by atoms with Crippen molar-refractivity contribution in [3.8, 4) is 5.82 Å². The molecule has 1 aromatic carbocycles. The zero-order valence-corrected chi connectivity index (χ0v) is 18.9. The lowest BCUT2D eigenvalue weighted by Gasteiger charge is -2.32. The highest BCUT2D eigenvalue weighted by molar-refractivity contribution is 5.93. The number of anilines is 3. The van der Waals surface area contributed by atoms with E-state index in [9.17, 15) is 4.79 Å². The van der Waals surface area contributed by atoms with Gasteiger partial charge in [0, 0.05) is 49.5 Å². The Bertz CT molecular complexity index is 1040. The predicted octanol–water partition coefficient (Wildman–Crippen LogP) is 3.07. The molecular weight excluding hydrogens is 404 g/mol. The fraction of sp³-hybridized carbons (Fsp3) is 0.435. The van der Waals surface area contributed by atoms with E-state index in [0.717, 1.165) is 56.1 Å². The molecule has 0 atom stereocenters. The molecule has 32 heavy (non-hydrogen) atoms. The van der Waals surface area contributed by atoms with Gasteiger partial charge >= 0.3 is 0 Å². The van der Waals surface area contributed by atoms with Crippen LogP contribution in [0.5, 0.6) is 0 Å². The number of hydrogen-bond donors (Lipinski definition) is 1. The molecular formula is C23H30N8O. The summed E-state index contributed by atoms with van der Waals surface area (Å²) in [6.07, 6.45) is 6.19. The minimum Gasteiger partial charge on any atom is -0.372 e. The smallest absolute Gasteiger partial charge is 0.227 e. The maximum absolute atomic E-state index is 12.9. The van der Waals surface area contributed by atoms with Gasteiger partial charge in [-0.1, -0.05) is 0 Å². The molecule has 3 aromatic rings. The third-order valence-electron chi connectivity index (χ3n) is 6.08. The van der Waals surface area contributed by atoms with Crippen LogP contribution in [-0.2, 0) is 4.79 Å². The molecule has 0 spiro atoms. The molecule has 0 aliphatic carbocycles. The molecule has 1 amide bonds. The number of benzene rings is 1. The van der Waals surface area contributed by atoms with Crippen molar-refractivity contribution in [3.63, 3.8) is 0 Å². The quantitative estimate of drug-likeness (QED) is 0.611. The summed E-state index contributed by atoms with van der Waals surface area (Å²) >= 11 is 0. The summed E-state index contributed by atoms with van der Waals surface area (Å²) in [6, 6.07) is 8.14.